The maximum absolute atomic E-state index is 10.9. The standard InChI is InChI=1S/C11H10N2O3S/c12-9(14)6-8(11(15)16)10(17)13-7-4-2-1-3-5-7/h1-6H,(H2,12,14)(H,13,17)(H,15,16)/b8-6-. The number of anilines is 1. The van der Waals surface area contributed by atoms with Crippen LogP contribution in [0.3, 0.4) is 0 Å². The van der Waals surface area contributed by atoms with Gasteiger partial charge in [0.15, 0.2) is 0 Å². The minimum atomic E-state index is -1.31. The van der Waals surface area contributed by atoms with Crippen LogP contribution in [0.15, 0.2) is 42.0 Å². The van der Waals surface area contributed by atoms with Crippen molar-refractivity contribution in [2.75, 3.05) is 5.32 Å². The molecule has 1 aromatic carbocycles. The first-order valence-electron chi connectivity index (χ1n) is 4.61. The summed E-state index contributed by atoms with van der Waals surface area (Å²) in [6, 6.07) is 8.78. The quantitative estimate of drug-likeness (QED) is 0.546. The highest BCUT2D eigenvalue weighted by atomic mass is 32.1. The normalized spacial score (nSPS) is 10.7. The number of aliphatic carboxylic acids is 1. The molecule has 0 fully saturated rings. The Hall–Kier alpha value is -2.21. The number of hydrogen-bond donors (Lipinski definition) is 3. The Kier molecular flexibility index (Phi) is 4.36. The number of rotatable bonds is 4. The topological polar surface area (TPSA) is 92.4 Å². The van der Waals surface area contributed by atoms with Crippen LogP contribution in [0.4, 0.5) is 5.69 Å². The summed E-state index contributed by atoms with van der Waals surface area (Å²) in [6.07, 6.45) is 0.778. The van der Waals surface area contributed by atoms with E-state index in [-0.39, 0.29) is 10.6 Å². The zero-order chi connectivity index (χ0) is 12.8. The smallest absolute Gasteiger partial charge is 0.338 e. The second-order valence-corrected chi connectivity index (χ2v) is 3.49. The molecule has 1 rings (SSSR count). The van der Waals surface area contributed by atoms with Crippen molar-refractivity contribution >= 4 is 34.8 Å². The predicted octanol–water partition coefficient (Wildman–Crippen LogP) is 0.922. The van der Waals surface area contributed by atoms with Crippen molar-refractivity contribution in [1.29, 1.82) is 0 Å². The van der Waals surface area contributed by atoms with Gasteiger partial charge < -0.3 is 16.2 Å². The number of amides is 1. The van der Waals surface area contributed by atoms with E-state index in [9.17, 15) is 9.59 Å². The van der Waals surface area contributed by atoms with Crippen LogP contribution in [0.5, 0.6) is 0 Å². The molecule has 0 saturated carbocycles. The molecule has 4 N–H and O–H groups in total. The summed E-state index contributed by atoms with van der Waals surface area (Å²) < 4.78 is 0. The molecule has 0 aliphatic carbocycles. The molecule has 5 nitrogen and oxygen atoms in total. The molecule has 17 heavy (non-hydrogen) atoms. The van der Waals surface area contributed by atoms with Gasteiger partial charge in [-0.2, -0.15) is 0 Å². The molecular weight excluding hydrogens is 240 g/mol. The van der Waals surface area contributed by atoms with Crippen molar-refractivity contribution in [3.8, 4) is 0 Å². The summed E-state index contributed by atoms with van der Waals surface area (Å²) in [4.78, 5) is 21.5. The summed E-state index contributed by atoms with van der Waals surface area (Å²) in [5.41, 5.74) is 5.19. The number of benzene rings is 1. The first-order valence-corrected chi connectivity index (χ1v) is 5.02. The van der Waals surface area contributed by atoms with Crippen LogP contribution < -0.4 is 11.1 Å². The Labute approximate surface area is 103 Å². The molecule has 1 aromatic rings. The highest BCUT2D eigenvalue weighted by Gasteiger charge is 2.14. The molecule has 0 spiro atoms. The molecule has 0 heterocycles. The molecule has 0 atom stereocenters. The molecule has 0 unspecified atom stereocenters. The summed E-state index contributed by atoms with van der Waals surface area (Å²) in [5.74, 6) is -2.17. The van der Waals surface area contributed by atoms with Crippen molar-refractivity contribution in [1.82, 2.24) is 0 Å². The lowest BCUT2D eigenvalue weighted by molar-refractivity contribution is -0.132. The SMILES string of the molecule is NC(=O)/C=C(\C(=O)O)C(=S)Nc1ccccc1. The fourth-order valence-electron chi connectivity index (χ4n) is 1.09. The Morgan fingerprint density at radius 2 is 1.88 bits per heavy atom. The number of nitrogens with two attached hydrogens (primary N) is 1. The third-order valence-electron chi connectivity index (χ3n) is 1.79. The van der Waals surface area contributed by atoms with Gasteiger partial charge >= 0.3 is 5.97 Å². The molecule has 0 saturated heterocycles. The van der Waals surface area contributed by atoms with Crippen LogP contribution in [-0.2, 0) is 9.59 Å². The van der Waals surface area contributed by atoms with Crippen LogP contribution in [0.1, 0.15) is 0 Å². The number of carbonyl (C=O) groups excluding carboxylic acids is 1. The number of carboxylic acids is 1. The van der Waals surface area contributed by atoms with Gasteiger partial charge in [0.1, 0.15) is 4.99 Å². The summed E-state index contributed by atoms with van der Waals surface area (Å²) in [7, 11) is 0. The molecule has 6 heteroatoms. The maximum atomic E-state index is 10.9. The molecule has 0 aliphatic heterocycles. The van der Waals surface area contributed by atoms with Gasteiger partial charge in [-0.25, -0.2) is 4.79 Å². The van der Waals surface area contributed by atoms with Crippen molar-refractivity contribution in [2.45, 2.75) is 0 Å². The van der Waals surface area contributed by atoms with Crippen molar-refractivity contribution in [3.05, 3.63) is 42.0 Å². The average Bonchev–Trinajstić information content (AvgIpc) is 2.26. The van der Waals surface area contributed by atoms with E-state index in [0.717, 1.165) is 6.08 Å². The fraction of sp³-hybridized carbons (Fsp3) is 0. The first kappa shape index (κ1) is 12.9. The maximum Gasteiger partial charge on any atom is 0.338 e. The Bertz CT molecular complexity index is 483. The summed E-state index contributed by atoms with van der Waals surface area (Å²) in [5, 5.41) is 11.6. The largest absolute Gasteiger partial charge is 0.478 e. The third-order valence-corrected chi connectivity index (χ3v) is 2.12. The average molecular weight is 250 g/mol. The molecule has 1 amide bonds. The van der Waals surface area contributed by atoms with Gasteiger partial charge in [-0.15, -0.1) is 0 Å². The Balaban J connectivity index is 2.88. The lowest BCUT2D eigenvalue weighted by Crippen LogP contribution is -2.21. The van der Waals surface area contributed by atoms with Crippen molar-refractivity contribution < 1.29 is 14.7 Å². The van der Waals surface area contributed by atoms with Gasteiger partial charge in [-0.1, -0.05) is 30.4 Å². The van der Waals surface area contributed by atoms with E-state index in [0.29, 0.717) is 5.69 Å². The number of thiocarbonyl (C=S) groups is 1. The highest BCUT2D eigenvalue weighted by Crippen LogP contribution is 2.08. The van der Waals surface area contributed by atoms with Gasteiger partial charge in [0.2, 0.25) is 5.91 Å². The molecule has 0 bridgehead atoms. The van der Waals surface area contributed by atoms with Crippen LogP contribution in [-0.4, -0.2) is 22.0 Å². The van der Waals surface area contributed by atoms with E-state index in [1.54, 1.807) is 24.3 Å². The van der Waals surface area contributed by atoms with Gasteiger partial charge in [0, 0.05) is 11.8 Å². The van der Waals surface area contributed by atoms with Crippen LogP contribution in [0, 0.1) is 0 Å². The van der Waals surface area contributed by atoms with E-state index < -0.39 is 11.9 Å². The van der Waals surface area contributed by atoms with Crippen LogP contribution in [0.2, 0.25) is 0 Å². The lowest BCUT2D eigenvalue weighted by Gasteiger charge is -2.07. The van der Waals surface area contributed by atoms with E-state index in [4.69, 9.17) is 23.1 Å². The Morgan fingerprint density at radius 1 is 1.29 bits per heavy atom. The van der Waals surface area contributed by atoms with Crippen LogP contribution in [0.25, 0.3) is 0 Å². The second-order valence-electron chi connectivity index (χ2n) is 3.09. The molecule has 88 valence electrons. The van der Waals surface area contributed by atoms with Crippen molar-refractivity contribution in [2.24, 2.45) is 5.73 Å². The zero-order valence-electron chi connectivity index (χ0n) is 8.71. The number of hydrogen-bond acceptors (Lipinski definition) is 3. The number of carbonyl (C=O) groups is 2. The second kappa shape index (κ2) is 5.76. The van der Waals surface area contributed by atoms with Gasteiger partial charge in [0.05, 0.1) is 5.57 Å². The van der Waals surface area contributed by atoms with Crippen LogP contribution >= 0.6 is 12.2 Å². The summed E-state index contributed by atoms with van der Waals surface area (Å²) >= 11 is 4.88. The Morgan fingerprint density at radius 3 is 2.35 bits per heavy atom. The van der Waals surface area contributed by atoms with E-state index in [1.165, 1.54) is 0 Å². The molecule has 0 aliphatic rings. The predicted molar refractivity (Wildman–Crippen MR) is 67.6 cm³/mol. The first-order chi connectivity index (χ1) is 8.00. The van der Waals surface area contributed by atoms with Gasteiger partial charge in [0.25, 0.3) is 0 Å². The van der Waals surface area contributed by atoms with E-state index in [1.807, 2.05) is 6.07 Å². The fourth-order valence-corrected chi connectivity index (χ4v) is 1.35. The zero-order valence-corrected chi connectivity index (χ0v) is 9.53. The minimum absolute atomic E-state index is 0.0671. The molecule has 0 radical (unpaired) electrons. The molecular formula is C11H10N2O3S. The summed E-state index contributed by atoms with van der Waals surface area (Å²) in [6.45, 7) is 0. The lowest BCUT2D eigenvalue weighted by atomic mass is 10.2. The monoisotopic (exact) mass is 250 g/mol. The number of para-hydroxylation sites is 1. The third kappa shape index (κ3) is 4.04. The minimum Gasteiger partial charge on any atom is -0.478 e. The van der Waals surface area contributed by atoms with Gasteiger partial charge in [-0.05, 0) is 12.1 Å². The molecule has 0 aromatic heterocycles. The van der Waals surface area contributed by atoms with Crippen molar-refractivity contribution in [3.63, 3.8) is 0 Å². The van der Waals surface area contributed by atoms with E-state index >= 15 is 0 Å². The van der Waals surface area contributed by atoms with E-state index in [2.05, 4.69) is 5.32 Å². The number of primary amides is 1. The number of carboxylic acid groups (broad SMARTS) is 1. The highest BCUT2D eigenvalue weighted by molar-refractivity contribution is 7.81. The number of nitrogens with one attached hydrogen (secondary N) is 1. The van der Waals surface area contributed by atoms with Gasteiger partial charge in [-0.3, -0.25) is 4.79 Å².